The van der Waals surface area contributed by atoms with Crippen LogP contribution in [0.3, 0.4) is 0 Å². The summed E-state index contributed by atoms with van der Waals surface area (Å²) in [5.74, 6) is -0.758. The monoisotopic (exact) mass is 300 g/mol. The minimum absolute atomic E-state index is 0.246. The molecule has 0 N–H and O–H groups in total. The first-order valence-electron chi connectivity index (χ1n) is 7.03. The van der Waals surface area contributed by atoms with Crippen molar-refractivity contribution in [1.29, 1.82) is 0 Å². The highest BCUT2D eigenvalue weighted by atomic mass is 16.5. The molecule has 0 spiro atoms. The summed E-state index contributed by atoms with van der Waals surface area (Å²) in [5.41, 5.74) is 1.82. The summed E-state index contributed by atoms with van der Waals surface area (Å²) in [6.45, 7) is 0.687. The highest BCUT2D eigenvalue weighted by molar-refractivity contribution is 5.87. The Labute approximate surface area is 126 Å². The summed E-state index contributed by atoms with van der Waals surface area (Å²) in [4.78, 5) is 23.6. The van der Waals surface area contributed by atoms with Crippen molar-refractivity contribution in [1.82, 2.24) is 9.13 Å². The summed E-state index contributed by atoms with van der Waals surface area (Å²) >= 11 is 0. The Bertz CT molecular complexity index is 856. The van der Waals surface area contributed by atoms with Gasteiger partial charge in [0, 0.05) is 19.8 Å². The average Bonchev–Trinajstić information content (AvgIpc) is 3.07. The summed E-state index contributed by atoms with van der Waals surface area (Å²) in [7, 11) is 1.79. The Morgan fingerprint density at radius 2 is 2.05 bits per heavy atom. The van der Waals surface area contributed by atoms with Crippen molar-refractivity contribution in [3.63, 3.8) is 0 Å². The molecule has 0 saturated heterocycles. The molecule has 114 valence electrons. The van der Waals surface area contributed by atoms with Crippen molar-refractivity contribution in [2.45, 2.75) is 13.0 Å². The van der Waals surface area contributed by atoms with Gasteiger partial charge in [-0.2, -0.15) is 0 Å². The van der Waals surface area contributed by atoms with Gasteiger partial charge >= 0.3 is 11.7 Å². The van der Waals surface area contributed by atoms with Crippen molar-refractivity contribution >= 4 is 17.1 Å². The molecule has 0 fully saturated rings. The van der Waals surface area contributed by atoms with Gasteiger partial charge in [-0.05, 0) is 30.7 Å². The van der Waals surface area contributed by atoms with Crippen molar-refractivity contribution in [2.75, 3.05) is 6.61 Å². The molecule has 6 nitrogen and oxygen atoms in total. The van der Waals surface area contributed by atoms with Gasteiger partial charge in [0.15, 0.2) is 5.58 Å². The number of carbonyl (C=O) groups excluding carboxylic acids is 1. The molecular weight excluding hydrogens is 284 g/mol. The van der Waals surface area contributed by atoms with E-state index in [2.05, 4.69) is 0 Å². The normalized spacial score (nSPS) is 11.0. The van der Waals surface area contributed by atoms with Gasteiger partial charge < -0.3 is 13.7 Å². The van der Waals surface area contributed by atoms with E-state index < -0.39 is 5.76 Å². The predicted octanol–water partition coefficient (Wildman–Crippen LogP) is 2.18. The summed E-state index contributed by atoms with van der Waals surface area (Å²) in [6.07, 6.45) is 2.33. The number of carbonyl (C=O) groups is 1. The lowest BCUT2D eigenvalue weighted by molar-refractivity contribution is 0.0485. The highest BCUT2D eigenvalue weighted by Gasteiger charge is 2.11. The molecule has 3 aromatic rings. The molecule has 1 aromatic carbocycles. The number of aryl methyl sites for hydroxylation is 2. The maximum absolute atomic E-state index is 11.8. The molecule has 0 bridgehead atoms. The lowest BCUT2D eigenvalue weighted by Crippen LogP contribution is -2.16. The zero-order valence-corrected chi connectivity index (χ0v) is 12.2. The maximum atomic E-state index is 11.8. The van der Waals surface area contributed by atoms with Gasteiger partial charge in [0.1, 0.15) is 5.69 Å². The number of benzene rings is 1. The molecule has 0 amide bonds. The quantitative estimate of drug-likeness (QED) is 0.535. The number of fused-ring (bicyclic) bond motifs is 1. The predicted molar refractivity (Wildman–Crippen MR) is 80.8 cm³/mol. The first kappa shape index (κ1) is 14.2. The molecule has 2 aromatic heterocycles. The van der Waals surface area contributed by atoms with Crippen LogP contribution in [0.15, 0.2) is 51.8 Å². The van der Waals surface area contributed by atoms with Crippen LogP contribution < -0.4 is 5.76 Å². The molecular formula is C16H16N2O4. The fourth-order valence-corrected chi connectivity index (χ4v) is 2.36. The lowest BCUT2D eigenvalue weighted by Gasteiger charge is -2.06. The topological polar surface area (TPSA) is 66.4 Å². The van der Waals surface area contributed by atoms with Crippen molar-refractivity contribution in [2.24, 2.45) is 7.05 Å². The van der Waals surface area contributed by atoms with E-state index in [4.69, 9.17) is 9.15 Å². The molecule has 0 saturated carbocycles. The van der Waals surface area contributed by atoms with Crippen LogP contribution in [0.2, 0.25) is 0 Å². The first-order valence-corrected chi connectivity index (χ1v) is 7.03. The molecule has 3 rings (SSSR count). The van der Waals surface area contributed by atoms with Gasteiger partial charge in [0.2, 0.25) is 0 Å². The number of esters is 1. The number of oxazole rings is 1. The summed E-state index contributed by atoms with van der Waals surface area (Å²) in [6, 6.07) is 10.7. The Kier molecular flexibility index (Phi) is 3.82. The molecule has 0 aliphatic carbocycles. The molecule has 6 heteroatoms. The number of nitrogens with zero attached hydrogens (tertiary/aromatic N) is 2. The van der Waals surface area contributed by atoms with E-state index in [9.17, 15) is 9.59 Å². The molecule has 2 heterocycles. The molecule has 0 aliphatic heterocycles. The molecule has 0 unspecified atom stereocenters. The van der Waals surface area contributed by atoms with Crippen LogP contribution in [0.1, 0.15) is 16.9 Å². The Morgan fingerprint density at radius 1 is 1.23 bits per heavy atom. The summed E-state index contributed by atoms with van der Waals surface area (Å²) < 4.78 is 13.6. The van der Waals surface area contributed by atoms with Crippen LogP contribution >= 0.6 is 0 Å². The van der Waals surface area contributed by atoms with E-state index in [-0.39, 0.29) is 12.6 Å². The number of hydrogen-bond acceptors (Lipinski definition) is 4. The van der Waals surface area contributed by atoms with E-state index in [1.54, 1.807) is 40.6 Å². The number of aromatic nitrogens is 2. The zero-order valence-electron chi connectivity index (χ0n) is 12.2. The van der Waals surface area contributed by atoms with Gasteiger partial charge in [-0.1, -0.05) is 12.1 Å². The number of rotatable bonds is 5. The van der Waals surface area contributed by atoms with Gasteiger partial charge in [-0.25, -0.2) is 9.59 Å². The Morgan fingerprint density at radius 3 is 2.82 bits per heavy atom. The standard InChI is InChI=1S/C16H16N2O4/c1-17-9-4-7-13(17)15(19)21-11-5-10-18-12-6-2-3-8-14(12)22-16(18)20/h2-4,6-9H,5,10-11H2,1H3. The second kappa shape index (κ2) is 5.93. The number of para-hydroxylation sites is 2. The van der Waals surface area contributed by atoms with E-state index >= 15 is 0 Å². The van der Waals surface area contributed by atoms with Gasteiger partial charge in [-0.15, -0.1) is 0 Å². The minimum Gasteiger partial charge on any atom is -0.461 e. The molecule has 0 aliphatic rings. The van der Waals surface area contributed by atoms with Crippen molar-refractivity contribution < 1.29 is 13.9 Å². The second-order valence-corrected chi connectivity index (χ2v) is 4.98. The second-order valence-electron chi connectivity index (χ2n) is 4.98. The number of ether oxygens (including phenoxy) is 1. The van der Waals surface area contributed by atoms with Gasteiger partial charge in [-0.3, -0.25) is 4.57 Å². The average molecular weight is 300 g/mol. The largest absolute Gasteiger partial charge is 0.461 e. The molecule has 0 atom stereocenters. The van der Waals surface area contributed by atoms with Crippen LogP contribution in [0, 0.1) is 0 Å². The van der Waals surface area contributed by atoms with E-state index in [0.29, 0.717) is 24.2 Å². The van der Waals surface area contributed by atoms with Crippen LogP contribution in [-0.2, 0) is 18.3 Å². The van der Waals surface area contributed by atoms with Crippen molar-refractivity contribution in [3.05, 3.63) is 58.8 Å². The molecule has 22 heavy (non-hydrogen) atoms. The van der Waals surface area contributed by atoms with E-state index in [1.165, 1.54) is 0 Å². The fraction of sp³-hybridized carbons (Fsp3) is 0.250. The summed E-state index contributed by atoms with van der Waals surface area (Å²) in [5, 5.41) is 0. The van der Waals surface area contributed by atoms with Crippen LogP contribution in [0.5, 0.6) is 0 Å². The van der Waals surface area contributed by atoms with Gasteiger partial charge in [0.05, 0.1) is 12.1 Å². The molecule has 0 radical (unpaired) electrons. The maximum Gasteiger partial charge on any atom is 0.419 e. The Balaban J connectivity index is 1.59. The third-order valence-electron chi connectivity index (χ3n) is 3.49. The minimum atomic E-state index is -0.394. The van der Waals surface area contributed by atoms with Crippen molar-refractivity contribution in [3.8, 4) is 0 Å². The van der Waals surface area contributed by atoms with Crippen LogP contribution in [-0.4, -0.2) is 21.7 Å². The number of hydrogen-bond donors (Lipinski definition) is 0. The zero-order chi connectivity index (χ0) is 15.5. The highest BCUT2D eigenvalue weighted by Crippen LogP contribution is 2.12. The van der Waals surface area contributed by atoms with E-state index in [0.717, 1.165) is 5.52 Å². The smallest absolute Gasteiger partial charge is 0.419 e. The van der Waals surface area contributed by atoms with Gasteiger partial charge in [0.25, 0.3) is 0 Å². The Hall–Kier alpha value is -2.76. The first-order chi connectivity index (χ1) is 10.7. The van der Waals surface area contributed by atoms with Crippen LogP contribution in [0.4, 0.5) is 0 Å². The van der Waals surface area contributed by atoms with Crippen LogP contribution in [0.25, 0.3) is 11.1 Å². The third-order valence-corrected chi connectivity index (χ3v) is 3.49. The SMILES string of the molecule is Cn1cccc1C(=O)OCCCn1c(=O)oc2ccccc21. The fourth-order valence-electron chi connectivity index (χ4n) is 2.36. The third kappa shape index (κ3) is 2.67. The lowest BCUT2D eigenvalue weighted by atomic mass is 10.3. The van der Waals surface area contributed by atoms with E-state index in [1.807, 2.05) is 18.2 Å².